The van der Waals surface area contributed by atoms with Crippen LogP contribution in [0.15, 0.2) is 67.3 Å². The van der Waals surface area contributed by atoms with Crippen molar-refractivity contribution in [2.75, 3.05) is 23.3 Å². The predicted molar refractivity (Wildman–Crippen MR) is 121 cm³/mol. The molecule has 0 amide bonds. The second-order valence-corrected chi connectivity index (χ2v) is 7.84. The summed E-state index contributed by atoms with van der Waals surface area (Å²) in [5.41, 5.74) is 4.69. The third-order valence-corrected chi connectivity index (χ3v) is 5.71. The van der Waals surface area contributed by atoms with Gasteiger partial charge in [0.25, 0.3) is 0 Å². The summed E-state index contributed by atoms with van der Waals surface area (Å²) in [7, 11) is 0. The van der Waals surface area contributed by atoms with Crippen LogP contribution in [0, 0.1) is 0 Å². The average molecular weight is 399 g/mol. The van der Waals surface area contributed by atoms with Crippen molar-refractivity contribution in [3.63, 3.8) is 0 Å². The van der Waals surface area contributed by atoms with Crippen molar-refractivity contribution in [1.82, 2.24) is 19.5 Å². The molecular formula is C24H26N6. The highest BCUT2D eigenvalue weighted by Crippen LogP contribution is 2.20. The van der Waals surface area contributed by atoms with Crippen LogP contribution in [0.2, 0.25) is 0 Å². The molecule has 30 heavy (non-hydrogen) atoms. The maximum atomic E-state index is 4.47. The topological polar surface area (TPSA) is 58.9 Å². The SMILES string of the molecule is c1ccc2c(c1)ncn2Cc1ccc(CNc2cc(N3CCCCC3)ncn2)cc1. The first kappa shape index (κ1) is 18.6. The molecule has 0 aliphatic carbocycles. The predicted octanol–water partition coefficient (Wildman–Crippen LogP) is 4.48. The minimum atomic E-state index is 0.741. The van der Waals surface area contributed by atoms with Gasteiger partial charge in [0.2, 0.25) is 0 Å². The largest absolute Gasteiger partial charge is 0.366 e. The highest BCUT2D eigenvalue weighted by atomic mass is 15.2. The quantitative estimate of drug-likeness (QED) is 0.519. The lowest BCUT2D eigenvalue weighted by Crippen LogP contribution is -2.30. The normalized spacial score (nSPS) is 14.2. The number of para-hydroxylation sites is 2. The molecule has 152 valence electrons. The standard InChI is InChI=1S/C24H26N6/c1-4-12-29(13-5-1)24-14-23(26-17-27-24)25-15-19-8-10-20(11-9-19)16-30-18-28-21-6-2-3-7-22(21)30/h2-3,6-11,14,17-18H,1,4-5,12-13,15-16H2,(H,25,26,27). The van der Waals surface area contributed by atoms with E-state index in [9.17, 15) is 0 Å². The number of hydrogen-bond donors (Lipinski definition) is 1. The molecule has 0 saturated carbocycles. The van der Waals surface area contributed by atoms with Crippen molar-refractivity contribution >= 4 is 22.7 Å². The highest BCUT2D eigenvalue weighted by molar-refractivity contribution is 5.75. The Hall–Kier alpha value is -3.41. The lowest BCUT2D eigenvalue weighted by Gasteiger charge is -2.27. The summed E-state index contributed by atoms with van der Waals surface area (Å²) in [6.07, 6.45) is 7.38. The van der Waals surface area contributed by atoms with Crippen LogP contribution in [0.5, 0.6) is 0 Å². The Kier molecular flexibility index (Phi) is 5.29. The van der Waals surface area contributed by atoms with Gasteiger partial charge < -0.3 is 14.8 Å². The van der Waals surface area contributed by atoms with Crippen LogP contribution in [0.1, 0.15) is 30.4 Å². The van der Waals surface area contributed by atoms with E-state index in [1.807, 2.05) is 18.5 Å². The van der Waals surface area contributed by atoms with Crippen LogP contribution >= 0.6 is 0 Å². The Labute approximate surface area is 176 Å². The van der Waals surface area contributed by atoms with Crippen LogP contribution < -0.4 is 10.2 Å². The summed E-state index contributed by atoms with van der Waals surface area (Å²) >= 11 is 0. The fourth-order valence-electron chi connectivity index (χ4n) is 4.03. The molecule has 2 aromatic carbocycles. The molecule has 2 aromatic heterocycles. The van der Waals surface area contributed by atoms with Crippen molar-refractivity contribution in [1.29, 1.82) is 0 Å². The number of anilines is 2. The van der Waals surface area contributed by atoms with Crippen LogP contribution in [0.4, 0.5) is 11.6 Å². The summed E-state index contributed by atoms with van der Waals surface area (Å²) in [6, 6.07) is 19.0. The zero-order valence-electron chi connectivity index (χ0n) is 17.0. The Bertz CT molecular complexity index is 1110. The fourth-order valence-corrected chi connectivity index (χ4v) is 4.03. The molecule has 0 spiro atoms. The number of fused-ring (bicyclic) bond motifs is 1. The minimum Gasteiger partial charge on any atom is -0.366 e. The second kappa shape index (κ2) is 8.53. The highest BCUT2D eigenvalue weighted by Gasteiger charge is 2.12. The van der Waals surface area contributed by atoms with Gasteiger partial charge in [0.1, 0.15) is 18.0 Å². The Morgan fingerprint density at radius 3 is 2.50 bits per heavy atom. The first-order chi connectivity index (χ1) is 14.8. The van der Waals surface area contributed by atoms with E-state index in [0.29, 0.717) is 0 Å². The molecule has 1 fully saturated rings. The molecule has 0 atom stereocenters. The molecule has 1 aliphatic rings. The Morgan fingerprint density at radius 2 is 1.63 bits per heavy atom. The van der Waals surface area contributed by atoms with E-state index in [2.05, 4.69) is 72.2 Å². The maximum Gasteiger partial charge on any atom is 0.134 e. The number of rotatable bonds is 6. The van der Waals surface area contributed by atoms with Crippen molar-refractivity contribution in [2.45, 2.75) is 32.4 Å². The second-order valence-electron chi connectivity index (χ2n) is 7.84. The van der Waals surface area contributed by atoms with Crippen molar-refractivity contribution < 1.29 is 0 Å². The first-order valence-electron chi connectivity index (χ1n) is 10.6. The summed E-state index contributed by atoms with van der Waals surface area (Å²) < 4.78 is 2.19. The number of aromatic nitrogens is 4. The van der Waals surface area contributed by atoms with Gasteiger partial charge in [-0.05, 0) is 42.5 Å². The third kappa shape index (κ3) is 4.13. The summed E-state index contributed by atoms with van der Waals surface area (Å²) in [5.74, 6) is 1.90. The van der Waals surface area contributed by atoms with Crippen LogP contribution in [0.25, 0.3) is 11.0 Å². The fraction of sp³-hybridized carbons (Fsp3) is 0.292. The van der Waals surface area contributed by atoms with E-state index < -0.39 is 0 Å². The lowest BCUT2D eigenvalue weighted by molar-refractivity contribution is 0.573. The molecule has 6 heteroatoms. The molecule has 1 aliphatic heterocycles. The minimum absolute atomic E-state index is 0.741. The van der Waals surface area contributed by atoms with E-state index in [0.717, 1.165) is 48.8 Å². The van der Waals surface area contributed by atoms with E-state index in [1.54, 1.807) is 6.33 Å². The monoisotopic (exact) mass is 398 g/mol. The number of benzene rings is 2. The van der Waals surface area contributed by atoms with Gasteiger partial charge in [-0.2, -0.15) is 0 Å². The molecule has 3 heterocycles. The van der Waals surface area contributed by atoms with Gasteiger partial charge in [-0.3, -0.25) is 0 Å². The third-order valence-electron chi connectivity index (χ3n) is 5.71. The summed E-state index contributed by atoms with van der Waals surface area (Å²) in [6.45, 7) is 3.73. The van der Waals surface area contributed by atoms with Crippen LogP contribution in [0.3, 0.4) is 0 Å². The Morgan fingerprint density at radius 1 is 0.833 bits per heavy atom. The number of nitrogens with zero attached hydrogens (tertiary/aromatic N) is 5. The number of nitrogens with one attached hydrogen (secondary N) is 1. The van der Waals surface area contributed by atoms with Gasteiger partial charge in [-0.1, -0.05) is 36.4 Å². The van der Waals surface area contributed by atoms with Crippen molar-refractivity contribution in [2.24, 2.45) is 0 Å². The molecule has 0 radical (unpaired) electrons. The molecule has 4 aromatic rings. The zero-order chi connectivity index (χ0) is 20.2. The van der Waals surface area contributed by atoms with E-state index in [4.69, 9.17) is 0 Å². The van der Waals surface area contributed by atoms with Gasteiger partial charge in [0.15, 0.2) is 0 Å². The lowest BCUT2D eigenvalue weighted by atomic mass is 10.1. The number of hydrogen-bond acceptors (Lipinski definition) is 5. The van der Waals surface area contributed by atoms with Gasteiger partial charge in [-0.25, -0.2) is 15.0 Å². The van der Waals surface area contributed by atoms with E-state index in [1.165, 1.54) is 30.4 Å². The molecular weight excluding hydrogens is 372 g/mol. The molecule has 1 N–H and O–H groups in total. The molecule has 0 unspecified atom stereocenters. The average Bonchev–Trinajstić information content (AvgIpc) is 3.22. The van der Waals surface area contributed by atoms with Gasteiger partial charge in [-0.15, -0.1) is 0 Å². The van der Waals surface area contributed by atoms with Crippen LogP contribution in [-0.2, 0) is 13.1 Å². The zero-order valence-corrected chi connectivity index (χ0v) is 17.0. The summed E-state index contributed by atoms with van der Waals surface area (Å²) in [4.78, 5) is 15.7. The van der Waals surface area contributed by atoms with Crippen molar-refractivity contribution in [3.05, 3.63) is 78.4 Å². The molecule has 0 bridgehead atoms. The smallest absolute Gasteiger partial charge is 0.134 e. The van der Waals surface area contributed by atoms with Crippen molar-refractivity contribution in [3.8, 4) is 0 Å². The van der Waals surface area contributed by atoms with E-state index in [-0.39, 0.29) is 0 Å². The number of imidazole rings is 1. The van der Waals surface area contributed by atoms with Gasteiger partial charge >= 0.3 is 0 Å². The molecule has 6 nitrogen and oxygen atoms in total. The van der Waals surface area contributed by atoms with Gasteiger partial charge in [0.05, 0.1) is 17.4 Å². The summed E-state index contributed by atoms with van der Waals surface area (Å²) in [5, 5.41) is 3.44. The number of piperidine rings is 1. The molecule has 5 rings (SSSR count). The maximum absolute atomic E-state index is 4.47. The Balaban J connectivity index is 1.21. The van der Waals surface area contributed by atoms with Crippen LogP contribution in [-0.4, -0.2) is 32.6 Å². The van der Waals surface area contributed by atoms with Gasteiger partial charge in [0, 0.05) is 32.2 Å². The van der Waals surface area contributed by atoms with E-state index >= 15 is 0 Å². The molecule has 1 saturated heterocycles. The first-order valence-corrected chi connectivity index (χ1v) is 10.6.